The maximum atomic E-state index is 11.8. The molecule has 0 aliphatic rings. The number of amides is 1. The van der Waals surface area contributed by atoms with Crippen molar-refractivity contribution in [2.45, 2.75) is 13.0 Å². The highest BCUT2D eigenvalue weighted by molar-refractivity contribution is 7.80. The Hall–Kier alpha value is -2.10. The zero-order valence-electron chi connectivity index (χ0n) is 9.95. The van der Waals surface area contributed by atoms with Crippen molar-refractivity contribution < 1.29 is 19.2 Å². The van der Waals surface area contributed by atoms with Crippen LogP contribution in [0.2, 0.25) is 0 Å². The van der Waals surface area contributed by atoms with Gasteiger partial charge >= 0.3 is 11.7 Å². The number of nitrogens with one attached hydrogen (secondary N) is 2. The summed E-state index contributed by atoms with van der Waals surface area (Å²) in [5, 5.41) is 18.5. The lowest BCUT2D eigenvalue weighted by Gasteiger charge is -2.14. The number of ether oxygens (including phenoxy) is 1. The summed E-state index contributed by atoms with van der Waals surface area (Å²) in [5.41, 5.74) is -0.805. The summed E-state index contributed by atoms with van der Waals surface area (Å²) in [5.74, 6) is -1.48. The van der Waals surface area contributed by atoms with Gasteiger partial charge in [0.15, 0.2) is 0 Å². The van der Waals surface area contributed by atoms with Gasteiger partial charge in [0.05, 0.1) is 11.5 Å². The number of esters is 1. The number of hydrogen-bond acceptors (Lipinski definition) is 7. The van der Waals surface area contributed by atoms with Gasteiger partial charge in [0.25, 0.3) is 5.91 Å². The Labute approximate surface area is 113 Å². The summed E-state index contributed by atoms with van der Waals surface area (Å²) in [6.45, 7) is 1.78. The van der Waals surface area contributed by atoms with E-state index in [1.165, 1.54) is 0 Å². The molecule has 0 unspecified atom stereocenters. The van der Waals surface area contributed by atoms with Gasteiger partial charge < -0.3 is 10.1 Å². The van der Waals surface area contributed by atoms with E-state index in [9.17, 15) is 19.7 Å². The maximum Gasteiger partial charge on any atom is 0.329 e. The third-order valence-electron chi connectivity index (χ3n) is 2.10. The minimum Gasteiger partial charge on any atom is -0.464 e. The Bertz CT molecular complexity index is 489. The van der Waals surface area contributed by atoms with Crippen LogP contribution in [0.5, 0.6) is 0 Å². The number of nitrogens with zero attached hydrogens (tertiary/aromatic N) is 2. The van der Waals surface area contributed by atoms with Gasteiger partial charge in [0.1, 0.15) is 12.2 Å². The minimum atomic E-state index is -0.987. The molecule has 0 spiro atoms. The molecule has 1 amide bonds. The lowest BCUT2D eigenvalue weighted by Crippen LogP contribution is -2.43. The number of H-pyrrole nitrogens is 1. The van der Waals surface area contributed by atoms with Gasteiger partial charge in [0.2, 0.25) is 5.69 Å². The number of thiol groups is 1. The maximum absolute atomic E-state index is 11.8. The van der Waals surface area contributed by atoms with Gasteiger partial charge in [-0.1, -0.05) is 0 Å². The van der Waals surface area contributed by atoms with E-state index in [4.69, 9.17) is 4.74 Å². The molecule has 1 heterocycles. The average Bonchev–Trinajstić information content (AvgIpc) is 2.85. The summed E-state index contributed by atoms with van der Waals surface area (Å²) >= 11 is 3.91. The normalized spacial score (nSPS) is 11.7. The minimum absolute atomic E-state index is 0.00646. The fourth-order valence-corrected chi connectivity index (χ4v) is 1.48. The second-order valence-electron chi connectivity index (χ2n) is 3.35. The fraction of sp³-hybridized carbons (Fsp3) is 0.444. The summed E-state index contributed by atoms with van der Waals surface area (Å²) in [7, 11) is 0. The second-order valence-corrected chi connectivity index (χ2v) is 3.71. The fourth-order valence-electron chi connectivity index (χ4n) is 1.24. The van der Waals surface area contributed by atoms with Crippen molar-refractivity contribution in [2.24, 2.45) is 0 Å². The van der Waals surface area contributed by atoms with Crippen LogP contribution in [0.15, 0.2) is 6.20 Å². The summed E-state index contributed by atoms with van der Waals surface area (Å²) in [4.78, 5) is 33.1. The third-order valence-corrected chi connectivity index (χ3v) is 2.47. The Morgan fingerprint density at radius 2 is 2.37 bits per heavy atom. The lowest BCUT2D eigenvalue weighted by atomic mass is 10.3. The molecular weight excluding hydrogens is 276 g/mol. The zero-order valence-corrected chi connectivity index (χ0v) is 10.8. The second kappa shape index (κ2) is 6.73. The van der Waals surface area contributed by atoms with Gasteiger partial charge in [-0.15, -0.1) is 0 Å². The van der Waals surface area contributed by atoms with Crippen molar-refractivity contribution in [2.75, 3.05) is 12.4 Å². The number of carbonyl (C=O) groups is 2. The molecule has 1 rings (SSSR count). The topological polar surface area (TPSA) is 127 Å². The lowest BCUT2D eigenvalue weighted by molar-refractivity contribution is -0.385. The van der Waals surface area contributed by atoms with Crippen LogP contribution in [-0.2, 0) is 9.53 Å². The molecular formula is C9H12N4O5S. The molecule has 0 aliphatic carbocycles. The highest BCUT2D eigenvalue weighted by Crippen LogP contribution is 2.14. The molecule has 0 radical (unpaired) electrons. The predicted molar refractivity (Wildman–Crippen MR) is 67.0 cm³/mol. The molecule has 1 aromatic heterocycles. The molecule has 10 heteroatoms. The molecule has 0 fully saturated rings. The van der Waals surface area contributed by atoms with Crippen molar-refractivity contribution in [1.82, 2.24) is 15.5 Å². The molecule has 104 valence electrons. The van der Waals surface area contributed by atoms with E-state index in [1.54, 1.807) is 6.92 Å². The van der Waals surface area contributed by atoms with E-state index in [0.29, 0.717) is 0 Å². The SMILES string of the molecule is CCOC(=O)[C@H](CS)NC(=O)c1[nH]ncc1[N+](=O)[O-]. The first-order valence-corrected chi connectivity index (χ1v) is 5.90. The predicted octanol–water partition coefficient (Wildman–Crippen LogP) is -0.0908. The summed E-state index contributed by atoms with van der Waals surface area (Å²) in [6, 6.07) is -0.987. The van der Waals surface area contributed by atoms with Gasteiger partial charge in [0, 0.05) is 5.75 Å². The van der Waals surface area contributed by atoms with Gasteiger partial charge in [-0.3, -0.25) is 20.0 Å². The molecule has 0 saturated carbocycles. The van der Waals surface area contributed by atoms with Crippen LogP contribution in [0.3, 0.4) is 0 Å². The smallest absolute Gasteiger partial charge is 0.329 e. The van der Waals surface area contributed by atoms with Crippen molar-refractivity contribution in [3.63, 3.8) is 0 Å². The van der Waals surface area contributed by atoms with E-state index in [0.717, 1.165) is 6.20 Å². The van der Waals surface area contributed by atoms with Crippen LogP contribution < -0.4 is 5.32 Å². The zero-order chi connectivity index (χ0) is 14.4. The Morgan fingerprint density at radius 3 is 2.89 bits per heavy atom. The van der Waals surface area contributed by atoms with E-state index in [1.807, 2.05) is 0 Å². The highest BCUT2D eigenvalue weighted by Gasteiger charge is 2.27. The van der Waals surface area contributed by atoms with E-state index in [2.05, 4.69) is 28.1 Å². The van der Waals surface area contributed by atoms with Crippen molar-refractivity contribution >= 4 is 30.2 Å². The number of rotatable bonds is 6. The first kappa shape index (κ1) is 15.0. The number of aromatic nitrogens is 2. The van der Waals surface area contributed by atoms with Crippen molar-refractivity contribution in [3.8, 4) is 0 Å². The molecule has 1 aromatic rings. The number of nitro groups is 1. The molecule has 0 saturated heterocycles. The quantitative estimate of drug-likeness (QED) is 0.290. The van der Waals surface area contributed by atoms with E-state index in [-0.39, 0.29) is 18.1 Å². The van der Waals surface area contributed by atoms with Crippen LogP contribution in [-0.4, -0.2) is 45.4 Å². The molecule has 0 aromatic carbocycles. The summed E-state index contributed by atoms with van der Waals surface area (Å²) in [6.07, 6.45) is 0.912. The first-order chi connectivity index (χ1) is 9.01. The standard InChI is InChI=1S/C9H12N4O5S/c1-2-18-9(15)5(4-19)11-8(14)7-6(13(16)17)3-10-12-7/h3,5,19H,2,4H2,1H3,(H,10,12)(H,11,14)/t5-/m0/s1. The van der Waals surface area contributed by atoms with Gasteiger partial charge in [-0.25, -0.2) is 4.79 Å². The van der Waals surface area contributed by atoms with Crippen LogP contribution >= 0.6 is 12.6 Å². The molecule has 9 nitrogen and oxygen atoms in total. The highest BCUT2D eigenvalue weighted by atomic mass is 32.1. The number of hydrogen-bond donors (Lipinski definition) is 3. The largest absolute Gasteiger partial charge is 0.464 e. The van der Waals surface area contributed by atoms with Crippen molar-refractivity contribution in [3.05, 3.63) is 22.0 Å². The molecule has 0 aliphatic heterocycles. The van der Waals surface area contributed by atoms with E-state index >= 15 is 0 Å². The monoisotopic (exact) mass is 288 g/mol. The van der Waals surface area contributed by atoms with Crippen LogP contribution in [0.25, 0.3) is 0 Å². The Morgan fingerprint density at radius 1 is 1.68 bits per heavy atom. The van der Waals surface area contributed by atoms with Crippen molar-refractivity contribution in [1.29, 1.82) is 0 Å². The average molecular weight is 288 g/mol. The molecule has 19 heavy (non-hydrogen) atoms. The Kier molecular flexibility index (Phi) is 5.30. The molecule has 2 N–H and O–H groups in total. The Balaban J connectivity index is 2.80. The van der Waals surface area contributed by atoms with Gasteiger partial charge in [-0.05, 0) is 6.92 Å². The third kappa shape index (κ3) is 3.68. The number of aromatic amines is 1. The first-order valence-electron chi connectivity index (χ1n) is 5.27. The van der Waals surface area contributed by atoms with Crippen LogP contribution in [0.1, 0.15) is 17.4 Å². The van der Waals surface area contributed by atoms with Crippen LogP contribution in [0, 0.1) is 10.1 Å². The van der Waals surface area contributed by atoms with E-state index < -0.39 is 28.5 Å². The number of carbonyl (C=O) groups excluding carboxylic acids is 2. The molecule has 1 atom stereocenters. The molecule has 0 bridgehead atoms. The summed E-state index contributed by atoms with van der Waals surface area (Å²) < 4.78 is 4.73. The van der Waals surface area contributed by atoms with Crippen LogP contribution in [0.4, 0.5) is 5.69 Å². The van der Waals surface area contributed by atoms with Gasteiger partial charge in [-0.2, -0.15) is 17.7 Å².